The number of benzene rings is 1. The van der Waals surface area contributed by atoms with Crippen LogP contribution in [0.5, 0.6) is 0 Å². The number of hydrogen-bond donors (Lipinski definition) is 0. The van der Waals surface area contributed by atoms with Crippen molar-refractivity contribution in [2.24, 2.45) is 0 Å². The molecule has 2 aromatic heterocycles. The molecule has 32 heavy (non-hydrogen) atoms. The smallest absolute Gasteiger partial charge is 0.257 e. The lowest BCUT2D eigenvalue weighted by molar-refractivity contribution is 0.0744. The Hall–Kier alpha value is -3.79. The van der Waals surface area contributed by atoms with Gasteiger partial charge in [0.15, 0.2) is 0 Å². The van der Waals surface area contributed by atoms with E-state index in [0.717, 1.165) is 6.42 Å². The molecule has 2 aliphatic heterocycles. The average Bonchev–Trinajstić information content (AvgIpc) is 3.43. The van der Waals surface area contributed by atoms with Gasteiger partial charge in [0.1, 0.15) is 17.6 Å². The second-order valence-corrected chi connectivity index (χ2v) is 8.33. The number of anilines is 2. The van der Waals surface area contributed by atoms with E-state index in [1.807, 2.05) is 4.90 Å². The van der Waals surface area contributed by atoms with E-state index in [0.29, 0.717) is 61.5 Å². The van der Waals surface area contributed by atoms with Gasteiger partial charge in [0.25, 0.3) is 5.91 Å². The summed E-state index contributed by atoms with van der Waals surface area (Å²) in [5.41, 5.74) is 3.74. The molecule has 2 aliphatic rings. The van der Waals surface area contributed by atoms with Gasteiger partial charge in [-0.1, -0.05) is 18.2 Å². The minimum atomic E-state index is -0.00457. The molecule has 162 valence electrons. The Kier molecular flexibility index (Phi) is 5.28. The fourth-order valence-corrected chi connectivity index (χ4v) is 4.71. The van der Waals surface area contributed by atoms with Gasteiger partial charge in [0.2, 0.25) is 0 Å². The number of amides is 1. The first kappa shape index (κ1) is 20.1. The predicted octanol–water partition coefficient (Wildman–Crippen LogP) is 3.46. The van der Waals surface area contributed by atoms with E-state index in [1.165, 1.54) is 11.3 Å². The summed E-state index contributed by atoms with van der Waals surface area (Å²) in [6.07, 6.45) is 4.31. The standard InChI is InChI=1S/C25H25N5O2/c1-18-15-19-5-2-3-7-22(19)30(18)17-23-21(8-14-32-23)25(31)29-12-10-28(11-13-29)24-20(16-26)6-4-9-27-24/h2-9,14,18H,10-13,15,17H2,1H3. The molecule has 0 N–H and O–H groups in total. The Morgan fingerprint density at radius 3 is 2.78 bits per heavy atom. The number of fused-ring (bicyclic) bond motifs is 1. The summed E-state index contributed by atoms with van der Waals surface area (Å²) < 4.78 is 5.78. The largest absolute Gasteiger partial charge is 0.467 e. The van der Waals surface area contributed by atoms with Crippen LogP contribution in [-0.2, 0) is 13.0 Å². The third kappa shape index (κ3) is 3.58. The van der Waals surface area contributed by atoms with E-state index >= 15 is 0 Å². The highest BCUT2D eigenvalue weighted by atomic mass is 16.3. The van der Waals surface area contributed by atoms with Crippen LogP contribution >= 0.6 is 0 Å². The number of nitriles is 1. The molecule has 1 saturated heterocycles. The van der Waals surface area contributed by atoms with Crippen molar-refractivity contribution in [1.29, 1.82) is 5.26 Å². The van der Waals surface area contributed by atoms with E-state index in [9.17, 15) is 10.1 Å². The lowest BCUT2D eigenvalue weighted by atomic mass is 10.1. The van der Waals surface area contributed by atoms with Gasteiger partial charge in [-0.25, -0.2) is 4.98 Å². The van der Waals surface area contributed by atoms with Gasteiger partial charge in [0.05, 0.1) is 23.9 Å². The van der Waals surface area contributed by atoms with Gasteiger partial charge >= 0.3 is 0 Å². The van der Waals surface area contributed by atoms with E-state index in [1.54, 1.807) is 30.7 Å². The molecule has 5 rings (SSSR count). The fraction of sp³-hybridized carbons (Fsp3) is 0.320. The molecule has 0 aliphatic carbocycles. The molecular weight excluding hydrogens is 402 g/mol. The molecule has 7 heteroatoms. The Morgan fingerprint density at radius 2 is 1.97 bits per heavy atom. The number of hydrogen-bond acceptors (Lipinski definition) is 6. The minimum Gasteiger partial charge on any atom is -0.467 e. The van der Waals surface area contributed by atoms with Crippen LogP contribution in [0.15, 0.2) is 59.3 Å². The highest BCUT2D eigenvalue weighted by molar-refractivity contribution is 5.95. The molecule has 1 amide bonds. The molecule has 1 aromatic carbocycles. The lowest BCUT2D eigenvalue weighted by Gasteiger charge is -2.35. The first-order chi connectivity index (χ1) is 15.7. The van der Waals surface area contributed by atoms with Crippen LogP contribution in [0.4, 0.5) is 11.5 Å². The number of pyridine rings is 1. The topological polar surface area (TPSA) is 76.6 Å². The molecule has 1 fully saturated rings. The molecule has 3 aromatic rings. The van der Waals surface area contributed by atoms with Crippen molar-refractivity contribution in [3.63, 3.8) is 0 Å². The van der Waals surface area contributed by atoms with Crippen LogP contribution in [0.3, 0.4) is 0 Å². The minimum absolute atomic E-state index is 0.00457. The maximum atomic E-state index is 13.3. The Bertz CT molecular complexity index is 1170. The normalized spacial score (nSPS) is 17.9. The summed E-state index contributed by atoms with van der Waals surface area (Å²) in [4.78, 5) is 23.9. The first-order valence-corrected chi connectivity index (χ1v) is 11.0. The zero-order valence-corrected chi connectivity index (χ0v) is 18.1. The fourth-order valence-electron chi connectivity index (χ4n) is 4.71. The molecule has 0 spiro atoms. The van der Waals surface area contributed by atoms with E-state index < -0.39 is 0 Å². The summed E-state index contributed by atoms with van der Waals surface area (Å²) in [5.74, 6) is 1.39. The van der Waals surface area contributed by atoms with Crippen LogP contribution in [-0.4, -0.2) is 48.0 Å². The van der Waals surface area contributed by atoms with Crippen molar-refractivity contribution in [1.82, 2.24) is 9.88 Å². The molecule has 0 saturated carbocycles. The van der Waals surface area contributed by atoms with E-state index in [4.69, 9.17) is 4.42 Å². The van der Waals surface area contributed by atoms with Crippen LogP contribution in [0.2, 0.25) is 0 Å². The molecule has 1 atom stereocenters. The van der Waals surface area contributed by atoms with Gasteiger partial charge in [-0.05, 0) is 43.2 Å². The quantitative estimate of drug-likeness (QED) is 0.635. The SMILES string of the molecule is CC1Cc2ccccc2N1Cc1occc1C(=O)N1CCN(c2ncccc2C#N)CC1. The number of aromatic nitrogens is 1. The molecule has 7 nitrogen and oxygen atoms in total. The van der Waals surface area contributed by atoms with Gasteiger partial charge < -0.3 is 19.1 Å². The van der Waals surface area contributed by atoms with Crippen LogP contribution in [0.1, 0.15) is 34.2 Å². The third-order valence-electron chi connectivity index (χ3n) is 6.41. The van der Waals surface area contributed by atoms with Crippen molar-refractivity contribution in [3.8, 4) is 6.07 Å². The van der Waals surface area contributed by atoms with Crippen LogP contribution in [0.25, 0.3) is 0 Å². The summed E-state index contributed by atoms with van der Waals surface area (Å²) in [7, 11) is 0. The number of rotatable bonds is 4. The Morgan fingerprint density at radius 1 is 1.16 bits per heavy atom. The highest BCUT2D eigenvalue weighted by Crippen LogP contribution is 2.34. The number of carbonyl (C=O) groups is 1. The second kappa shape index (κ2) is 8.39. The summed E-state index contributed by atoms with van der Waals surface area (Å²) in [5, 5.41) is 9.35. The number of furan rings is 1. The van der Waals surface area contributed by atoms with E-state index in [2.05, 4.69) is 52.0 Å². The molecular formula is C25H25N5O2. The lowest BCUT2D eigenvalue weighted by Crippen LogP contribution is -2.49. The number of nitrogens with zero attached hydrogens (tertiary/aromatic N) is 5. The molecule has 4 heterocycles. The zero-order valence-electron chi connectivity index (χ0n) is 18.1. The van der Waals surface area contributed by atoms with Crippen molar-refractivity contribution in [3.05, 3.63) is 77.4 Å². The third-order valence-corrected chi connectivity index (χ3v) is 6.41. The van der Waals surface area contributed by atoms with Crippen molar-refractivity contribution < 1.29 is 9.21 Å². The van der Waals surface area contributed by atoms with Gasteiger partial charge in [-0.2, -0.15) is 5.26 Å². The van der Waals surface area contributed by atoms with Crippen LogP contribution < -0.4 is 9.80 Å². The van der Waals surface area contributed by atoms with Crippen molar-refractivity contribution >= 4 is 17.4 Å². The first-order valence-electron chi connectivity index (χ1n) is 11.0. The Balaban J connectivity index is 1.28. The van der Waals surface area contributed by atoms with Crippen molar-refractivity contribution in [2.45, 2.75) is 25.9 Å². The van der Waals surface area contributed by atoms with Crippen LogP contribution in [0, 0.1) is 11.3 Å². The maximum Gasteiger partial charge on any atom is 0.257 e. The summed E-state index contributed by atoms with van der Waals surface area (Å²) in [6, 6.07) is 16.3. The average molecular weight is 428 g/mol. The van der Waals surface area contributed by atoms with Gasteiger partial charge in [-0.3, -0.25) is 4.79 Å². The van der Waals surface area contributed by atoms with Gasteiger partial charge in [-0.15, -0.1) is 0 Å². The monoisotopic (exact) mass is 427 g/mol. The second-order valence-electron chi connectivity index (χ2n) is 8.33. The highest BCUT2D eigenvalue weighted by Gasteiger charge is 2.30. The summed E-state index contributed by atoms with van der Waals surface area (Å²) in [6.45, 7) is 5.21. The zero-order chi connectivity index (χ0) is 22.1. The molecule has 0 radical (unpaired) electrons. The van der Waals surface area contributed by atoms with Crippen molar-refractivity contribution in [2.75, 3.05) is 36.0 Å². The molecule has 1 unspecified atom stereocenters. The van der Waals surface area contributed by atoms with Gasteiger partial charge in [0, 0.05) is 44.1 Å². The Labute approximate surface area is 187 Å². The molecule has 0 bridgehead atoms. The predicted molar refractivity (Wildman–Crippen MR) is 122 cm³/mol. The summed E-state index contributed by atoms with van der Waals surface area (Å²) >= 11 is 0. The number of piperazine rings is 1. The number of carbonyl (C=O) groups excluding carboxylic acids is 1. The number of para-hydroxylation sites is 1. The van der Waals surface area contributed by atoms with E-state index in [-0.39, 0.29) is 5.91 Å². The maximum absolute atomic E-state index is 13.3.